The molecule has 2 aromatic rings. The van der Waals surface area contributed by atoms with Crippen molar-refractivity contribution in [3.05, 3.63) is 36.1 Å². The van der Waals surface area contributed by atoms with Crippen LogP contribution in [0.4, 0.5) is 4.79 Å². The van der Waals surface area contributed by atoms with Crippen LogP contribution in [0, 0.1) is 11.8 Å². The fourth-order valence-electron chi connectivity index (χ4n) is 3.02. The number of hydrogen-bond donors (Lipinski definition) is 3. The third kappa shape index (κ3) is 7.01. The maximum absolute atomic E-state index is 12.7. The van der Waals surface area contributed by atoms with Gasteiger partial charge in [0.1, 0.15) is 11.6 Å². The molecule has 0 unspecified atom stereocenters. The lowest BCUT2D eigenvalue weighted by Crippen LogP contribution is -2.53. The van der Waals surface area contributed by atoms with E-state index in [2.05, 4.69) is 16.0 Å². The molecule has 2 rings (SSSR count). The SMILES string of the molecule is CC(C)OC(=O)N[C@H](C(=O)NC[C@@H](NC(=O)c1cc2ccccc2o1)C(C)C)C(C)C. The summed E-state index contributed by atoms with van der Waals surface area (Å²) in [4.78, 5) is 37.3. The van der Waals surface area contributed by atoms with Gasteiger partial charge in [-0.1, -0.05) is 45.9 Å². The normalized spacial score (nSPS) is 13.3. The van der Waals surface area contributed by atoms with Gasteiger partial charge in [0.15, 0.2) is 5.76 Å². The standard InChI is InChI=1S/C23H33N3O5/c1-13(2)17(25-21(27)19-11-16-9-7-8-10-18(16)31-19)12-24-22(28)20(14(3)4)26-23(29)30-15(5)6/h7-11,13-15,17,20H,12H2,1-6H3,(H,24,28)(H,25,27)(H,26,29)/t17-,20+/m1/s1. The molecular formula is C23H33N3O5. The van der Waals surface area contributed by atoms with Gasteiger partial charge in [-0.2, -0.15) is 0 Å². The quantitative estimate of drug-likeness (QED) is 0.563. The van der Waals surface area contributed by atoms with Crippen molar-refractivity contribution in [1.29, 1.82) is 0 Å². The third-order valence-corrected chi connectivity index (χ3v) is 4.83. The Bertz CT molecular complexity index is 871. The summed E-state index contributed by atoms with van der Waals surface area (Å²) in [5.41, 5.74) is 0.640. The molecule has 0 saturated carbocycles. The molecule has 170 valence electrons. The number of amides is 3. The number of carbonyl (C=O) groups excluding carboxylic acids is 3. The molecule has 0 spiro atoms. The average molecular weight is 432 g/mol. The molecule has 3 amide bonds. The largest absolute Gasteiger partial charge is 0.451 e. The van der Waals surface area contributed by atoms with Gasteiger partial charge in [0.2, 0.25) is 5.91 Å². The third-order valence-electron chi connectivity index (χ3n) is 4.83. The molecular weight excluding hydrogens is 398 g/mol. The van der Waals surface area contributed by atoms with Gasteiger partial charge >= 0.3 is 6.09 Å². The number of carbonyl (C=O) groups is 3. The molecule has 1 aromatic heterocycles. The van der Waals surface area contributed by atoms with Crippen LogP contribution < -0.4 is 16.0 Å². The maximum Gasteiger partial charge on any atom is 0.408 e. The highest BCUT2D eigenvalue weighted by Gasteiger charge is 2.27. The molecule has 0 radical (unpaired) electrons. The minimum atomic E-state index is -0.745. The van der Waals surface area contributed by atoms with Gasteiger partial charge in [0.25, 0.3) is 5.91 Å². The summed E-state index contributed by atoms with van der Waals surface area (Å²) < 4.78 is 10.7. The highest BCUT2D eigenvalue weighted by atomic mass is 16.6. The molecule has 1 aromatic carbocycles. The first-order valence-electron chi connectivity index (χ1n) is 10.6. The fourth-order valence-corrected chi connectivity index (χ4v) is 3.02. The Morgan fingerprint density at radius 3 is 2.23 bits per heavy atom. The summed E-state index contributed by atoms with van der Waals surface area (Å²) in [5, 5.41) is 9.21. The minimum absolute atomic E-state index is 0.0602. The lowest BCUT2D eigenvalue weighted by molar-refractivity contribution is -0.124. The lowest BCUT2D eigenvalue weighted by atomic mass is 10.0. The van der Waals surface area contributed by atoms with Gasteiger partial charge in [0, 0.05) is 18.0 Å². The van der Waals surface area contributed by atoms with E-state index < -0.39 is 12.1 Å². The average Bonchev–Trinajstić information content (AvgIpc) is 3.12. The van der Waals surface area contributed by atoms with E-state index >= 15 is 0 Å². The Labute approximate surface area is 183 Å². The van der Waals surface area contributed by atoms with Crippen LogP contribution >= 0.6 is 0 Å². The molecule has 2 atom stereocenters. The van der Waals surface area contributed by atoms with Crippen molar-refractivity contribution in [1.82, 2.24) is 16.0 Å². The number of rotatable bonds is 9. The van der Waals surface area contributed by atoms with Crippen molar-refractivity contribution < 1.29 is 23.5 Å². The second-order valence-corrected chi connectivity index (χ2v) is 8.54. The van der Waals surface area contributed by atoms with E-state index in [1.165, 1.54) is 0 Å². The molecule has 1 heterocycles. The number of nitrogens with one attached hydrogen (secondary N) is 3. The van der Waals surface area contributed by atoms with E-state index in [4.69, 9.17) is 9.15 Å². The van der Waals surface area contributed by atoms with E-state index in [9.17, 15) is 14.4 Å². The minimum Gasteiger partial charge on any atom is -0.451 e. The number of benzene rings is 1. The number of fused-ring (bicyclic) bond motifs is 1. The van der Waals surface area contributed by atoms with Crippen LogP contribution in [-0.4, -0.2) is 42.6 Å². The van der Waals surface area contributed by atoms with Gasteiger partial charge in [-0.3, -0.25) is 9.59 Å². The monoisotopic (exact) mass is 431 g/mol. The van der Waals surface area contributed by atoms with Crippen LogP contribution in [0.2, 0.25) is 0 Å². The smallest absolute Gasteiger partial charge is 0.408 e. The predicted molar refractivity (Wildman–Crippen MR) is 119 cm³/mol. The summed E-state index contributed by atoms with van der Waals surface area (Å²) in [6.45, 7) is 11.3. The molecule has 0 saturated heterocycles. The molecule has 31 heavy (non-hydrogen) atoms. The molecule has 3 N–H and O–H groups in total. The van der Waals surface area contributed by atoms with Crippen molar-refractivity contribution in [2.45, 2.75) is 59.7 Å². The Morgan fingerprint density at radius 2 is 1.65 bits per heavy atom. The van der Waals surface area contributed by atoms with Crippen LogP contribution in [0.5, 0.6) is 0 Å². The molecule has 0 fully saturated rings. The second kappa shape index (κ2) is 10.8. The van der Waals surface area contributed by atoms with Gasteiger partial charge < -0.3 is 25.1 Å². The summed E-state index contributed by atoms with van der Waals surface area (Å²) in [5.74, 6) is -0.536. The highest BCUT2D eigenvalue weighted by Crippen LogP contribution is 2.19. The summed E-state index contributed by atoms with van der Waals surface area (Å²) in [6.07, 6.45) is -0.919. The predicted octanol–water partition coefficient (Wildman–Crippen LogP) is 3.46. The van der Waals surface area contributed by atoms with E-state index in [1.807, 2.05) is 45.9 Å². The van der Waals surface area contributed by atoms with Crippen molar-refractivity contribution >= 4 is 28.9 Å². The van der Waals surface area contributed by atoms with Crippen LogP contribution in [0.3, 0.4) is 0 Å². The van der Waals surface area contributed by atoms with Gasteiger partial charge in [-0.05, 0) is 37.8 Å². The lowest BCUT2D eigenvalue weighted by Gasteiger charge is -2.26. The van der Waals surface area contributed by atoms with Gasteiger partial charge in [-0.15, -0.1) is 0 Å². The number of hydrogen-bond acceptors (Lipinski definition) is 5. The molecule has 8 heteroatoms. The van der Waals surface area contributed by atoms with E-state index in [0.717, 1.165) is 5.39 Å². The van der Waals surface area contributed by atoms with Crippen LogP contribution in [0.15, 0.2) is 34.7 Å². The van der Waals surface area contributed by atoms with E-state index in [0.29, 0.717) is 5.58 Å². The Hall–Kier alpha value is -3.03. The van der Waals surface area contributed by atoms with Crippen molar-refractivity contribution in [3.8, 4) is 0 Å². The Kier molecular flexibility index (Phi) is 8.47. The molecule has 0 aliphatic rings. The summed E-state index contributed by atoms with van der Waals surface area (Å²) in [7, 11) is 0. The Morgan fingerprint density at radius 1 is 0.968 bits per heavy atom. The zero-order valence-corrected chi connectivity index (χ0v) is 19.0. The zero-order chi connectivity index (χ0) is 23.1. The zero-order valence-electron chi connectivity index (χ0n) is 19.0. The fraction of sp³-hybridized carbons (Fsp3) is 0.522. The van der Waals surface area contributed by atoms with Crippen LogP contribution in [-0.2, 0) is 9.53 Å². The first-order chi connectivity index (χ1) is 14.6. The van der Waals surface area contributed by atoms with E-state index in [-0.39, 0.29) is 48.1 Å². The number of alkyl carbamates (subject to hydrolysis) is 1. The highest BCUT2D eigenvalue weighted by molar-refractivity contribution is 5.96. The first kappa shape index (κ1) is 24.2. The Balaban J connectivity index is 1.99. The van der Waals surface area contributed by atoms with Gasteiger partial charge in [0.05, 0.1) is 6.10 Å². The number of furan rings is 1. The number of ether oxygens (including phenoxy) is 1. The number of para-hydroxylation sites is 1. The van der Waals surface area contributed by atoms with E-state index in [1.54, 1.807) is 26.0 Å². The van der Waals surface area contributed by atoms with Crippen LogP contribution in [0.1, 0.15) is 52.1 Å². The summed E-state index contributed by atoms with van der Waals surface area (Å²) >= 11 is 0. The van der Waals surface area contributed by atoms with Gasteiger partial charge in [-0.25, -0.2) is 4.79 Å². The van der Waals surface area contributed by atoms with Crippen molar-refractivity contribution in [2.24, 2.45) is 11.8 Å². The molecule has 0 bridgehead atoms. The van der Waals surface area contributed by atoms with Crippen molar-refractivity contribution in [2.75, 3.05) is 6.54 Å². The summed E-state index contributed by atoms with van der Waals surface area (Å²) in [6, 6.07) is 8.03. The van der Waals surface area contributed by atoms with Crippen LogP contribution in [0.25, 0.3) is 11.0 Å². The molecule has 0 aliphatic heterocycles. The van der Waals surface area contributed by atoms with Crippen molar-refractivity contribution in [3.63, 3.8) is 0 Å². The molecule has 8 nitrogen and oxygen atoms in total. The molecule has 0 aliphatic carbocycles. The maximum atomic E-state index is 12.7. The first-order valence-corrected chi connectivity index (χ1v) is 10.6. The second-order valence-electron chi connectivity index (χ2n) is 8.54. The topological polar surface area (TPSA) is 110 Å².